The van der Waals surface area contributed by atoms with Gasteiger partial charge in [-0.05, 0) is 35.7 Å². The van der Waals surface area contributed by atoms with E-state index in [2.05, 4.69) is 47.8 Å². The number of ether oxygens (including phenoxy) is 1. The Morgan fingerprint density at radius 3 is 2.85 bits per heavy atom. The van der Waals surface area contributed by atoms with Gasteiger partial charge in [0, 0.05) is 24.5 Å². The minimum Gasteiger partial charge on any atom is -0.384 e. The molecule has 2 nitrogen and oxygen atoms in total. The zero-order valence-electron chi connectivity index (χ0n) is 12.0. The zero-order valence-corrected chi connectivity index (χ0v) is 12.0. The van der Waals surface area contributed by atoms with Crippen LogP contribution in [-0.2, 0) is 10.2 Å². The fourth-order valence-corrected chi connectivity index (χ4v) is 4.28. The molecule has 0 bridgehead atoms. The second-order valence-corrected chi connectivity index (χ2v) is 6.46. The van der Waals surface area contributed by atoms with Gasteiger partial charge in [-0.3, -0.25) is 0 Å². The molecule has 1 N–H and O–H groups in total. The van der Waals surface area contributed by atoms with Crippen LogP contribution >= 0.6 is 0 Å². The monoisotopic (exact) mass is 267 g/mol. The van der Waals surface area contributed by atoms with E-state index in [0.717, 1.165) is 19.7 Å². The summed E-state index contributed by atoms with van der Waals surface area (Å²) in [6.07, 6.45) is 2.49. The van der Waals surface area contributed by atoms with Gasteiger partial charge in [-0.2, -0.15) is 0 Å². The second-order valence-electron chi connectivity index (χ2n) is 6.46. The Balaban J connectivity index is 1.78. The summed E-state index contributed by atoms with van der Waals surface area (Å²) in [6, 6.07) is 15.6. The summed E-state index contributed by atoms with van der Waals surface area (Å²) in [5.74, 6) is 0. The lowest BCUT2D eigenvalue weighted by atomic mass is 9.81. The van der Waals surface area contributed by atoms with Crippen LogP contribution in [0.15, 0.2) is 42.5 Å². The van der Waals surface area contributed by atoms with E-state index in [1.54, 1.807) is 0 Å². The lowest BCUT2D eigenvalue weighted by molar-refractivity contribution is 0.112. The molecule has 1 aliphatic carbocycles. The number of fused-ring (bicyclic) bond motifs is 2. The third-order valence-corrected chi connectivity index (χ3v) is 5.46. The predicted molar refractivity (Wildman–Crippen MR) is 82.0 cm³/mol. The molecule has 2 aromatic rings. The highest BCUT2D eigenvalue weighted by Crippen LogP contribution is 2.67. The largest absolute Gasteiger partial charge is 0.384 e. The standard InChI is InChI=1S/C18H21NO/c1-20-13-17-8-9-19-12-18(17,11-17)16-7-6-14-4-2-3-5-15(14)10-16/h2-7,10,19H,8-9,11-13H2,1H3/t17-,18-/m0/s1. The first-order valence-corrected chi connectivity index (χ1v) is 7.49. The van der Waals surface area contributed by atoms with Crippen LogP contribution < -0.4 is 5.32 Å². The molecule has 0 spiro atoms. The second kappa shape index (κ2) is 4.31. The van der Waals surface area contributed by atoms with Crippen LogP contribution in [0.25, 0.3) is 10.8 Å². The van der Waals surface area contributed by atoms with Crippen molar-refractivity contribution in [1.82, 2.24) is 5.32 Å². The van der Waals surface area contributed by atoms with Gasteiger partial charge < -0.3 is 10.1 Å². The number of piperidine rings is 1. The molecule has 104 valence electrons. The highest BCUT2D eigenvalue weighted by Gasteiger charge is 2.68. The minimum atomic E-state index is 0.297. The van der Waals surface area contributed by atoms with Gasteiger partial charge in [0.25, 0.3) is 0 Å². The maximum atomic E-state index is 5.53. The fraction of sp³-hybridized carbons (Fsp3) is 0.444. The van der Waals surface area contributed by atoms with Crippen molar-refractivity contribution in [2.24, 2.45) is 5.41 Å². The Morgan fingerprint density at radius 1 is 1.15 bits per heavy atom. The quantitative estimate of drug-likeness (QED) is 0.922. The number of hydrogen-bond donors (Lipinski definition) is 1. The molecule has 20 heavy (non-hydrogen) atoms. The van der Waals surface area contributed by atoms with E-state index in [-0.39, 0.29) is 0 Å². The smallest absolute Gasteiger partial charge is 0.0528 e. The van der Waals surface area contributed by atoms with Gasteiger partial charge in [-0.25, -0.2) is 0 Å². The molecule has 2 aromatic carbocycles. The molecule has 2 heteroatoms. The lowest BCUT2D eigenvalue weighted by Crippen LogP contribution is -2.40. The van der Waals surface area contributed by atoms with Crippen molar-refractivity contribution in [3.8, 4) is 0 Å². The van der Waals surface area contributed by atoms with E-state index in [1.165, 1.54) is 29.2 Å². The maximum Gasteiger partial charge on any atom is 0.0528 e. The molecule has 1 saturated carbocycles. The average molecular weight is 267 g/mol. The molecule has 2 fully saturated rings. The lowest BCUT2D eigenvalue weighted by Gasteiger charge is -2.31. The summed E-state index contributed by atoms with van der Waals surface area (Å²) < 4.78 is 5.53. The zero-order chi connectivity index (χ0) is 13.6. The van der Waals surface area contributed by atoms with E-state index in [0.29, 0.717) is 10.8 Å². The van der Waals surface area contributed by atoms with E-state index in [1.807, 2.05) is 7.11 Å². The Labute approximate surface area is 120 Å². The molecular weight excluding hydrogens is 246 g/mol. The number of rotatable bonds is 3. The van der Waals surface area contributed by atoms with Crippen molar-refractivity contribution in [3.63, 3.8) is 0 Å². The Hall–Kier alpha value is -1.38. The molecular formula is C18H21NO. The first-order chi connectivity index (χ1) is 9.80. The van der Waals surface area contributed by atoms with Crippen molar-refractivity contribution < 1.29 is 4.74 Å². The van der Waals surface area contributed by atoms with Crippen LogP contribution in [0.5, 0.6) is 0 Å². The number of benzene rings is 2. The molecule has 2 aliphatic rings. The van der Waals surface area contributed by atoms with Gasteiger partial charge >= 0.3 is 0 Å². The van der Waals surface area contributed by atoms with Crippen molar-refractivity contribution >= 4 is 10.8 Å². The van der Waals surface area contributed by atoms with Crippen molar-refractivity contribution in [2.75, 3.05) is 26.8 Å². The molecule has 0 aromatic heterocycles. The normalized spacial score (nSPS) is 32.0. The molecule has 1 heterocycles. The van der Waals surface area contributed by atoms with Crippen LogP contribution in [0, 0.1) is 5.41 Å². The third kappa shape index (κ3) is 1.58. The number of methoxy groups -OCH3 is 1. The summed E-state index contributed by atoms with van der Waals surface area (Å²) in [4.78, 5) is 0. The third-order valence-electron chi connectivity index (χ3n) is 5.46. The van der Waals surface area contributed by atoms with Gasteiger partial charge in [0.1, 0.15) is 0 Å². The molecule has 1 saturated heterocycles. The van der Waals surface area contributed by atoms with Crippen LogP contribution in [0.1, 0.15) is 18.4 Å². The topological polar surface area (TPSA) is 21.3 Å². The van der Waals surface area contributed by atoms with E-state index < -0.39 is 0 Å². The fourth-order valence-electron chi connectivity index (χ4n) is 4.28. The van der Waals surface area contributed by atoms with Gasteiger partial charge in [0.05, 0.1) is 6.61 Å². The predicted octanol–water partition coefficient (Wildman–Crippen LogP) is 3.11. The Morgan fingerprint density at radius 2 is 2.00 bits per heavy atom. The number of nitrogens with one attached hydrogen (secondary N) is 1. The summed E-state index contributed by atoms with van der Waals surface area (Å²) in [5, 5.41) is 6.27. The van der Waals surface area contributed by atoms with Crippen LogP contribution in [-0.4, -0.2) is 26.8 Å². The van der Waals surface area contributed by atoms with Crippen LogP contribution in [0.4, 0.5) is 0 Å². The molecule has 0 amide bonds. The maximum absolute atomic E-state index is 5.53. The van der Waals surface area contributed by atoms with Crippen molar-refractivity contribution in [2.45, 2.75) is 18.3 Å². The van der Waals surface area contributed by atoms with Gasteiger partial charge in [-0.15, -0.1) is 0 Å². The highest BCUT2D eigenvalue weighted by atomic mass is 16.5. The van der Waals surface area contributed by atoms with E-state index in [4.69, 9.17) is 4.74 Å². The number of hydrogen-bond acceptors (Lipinski definition) is 2. The van der Waals surface area contributed by atoms with Crippen molar-refractivity contribution in [3.05, 3.63) is 48.0 Å². The summed E-state index contributed by atoms with van der Waals surface area (Å²) in [6.45, 7) is 3.11. The Kier molecular flexibility index (Phi) is 2.66. The molecule has 4 rings (SSSR count). The van der Waals surface area contributed by atoms with E-state index >= 15 is 0 Å². The van der Waals surface area contributed by atoms with Gasteiger partial charge in [0.2, 0.25) is 0 Å². The minimum absolute atomic E-state index is 0.297. The average Bonchev–Trinajstić information content (AvgIpc) is 3.17. The first-order valence-electron chi connectivity index (χ1n) is 7.49. The highest BCUT2D eigenvalue weighted by molar-refractivity contribution is 5.83. The summed E-state index contributed by atoms with van der Waals surface area (Å²) >= 11 is 0. The van der Waals surface area contributed by atoms with E-state index in [9.17, 15) is 0 Å². The Bertz CT molecular complexity index is 649. The van der Waals surface area contributed by atoms with Gasteiger partial charge in [-0.1, -0.05) is 42.5 Å². The van der Waals surface area contributed by atoms with Gasteiger partial charge in [0.15, 0.2) is 0 Å². The SMILES string of the molecule is COC[C@@]12CCNC[C@]1(c1ccc3ccccc3c1)C2. The summed E-state index contributed by atoms with van der Waals surface area (Å²) in [5.41, 5.74) is 2.15. The van der Waals surface area contributed by atoms with Crippen molar-refractivity contribution in [1.29, 1.82) is 0 Å². The summed E-state index contributed by atoms with van der Waals surface area (Å²) in [7, 11) is 1.83. The first kappa shape index (κ1) is 12.4. The van der Waals surface area contributed by atoms with Crippen LogP contribution in [0.2, 0.25) is 0 Å². The molecule has 0 unspecified atom stereocenters. The molecule has 2 atom stereocenters. The van der Waals surface area contributed by atoms with Crippen LogP contribution in [0.3, 0.4) is 0 Å². The molecule has 0 radical (unpaired) electrons. The molecule has 1 aliphatic heterocycles.